The normalized spacial score (nSPS) is 15.8. The van der Waals surface area contributed by atoms with Crippen molar-refractivity contribution < 1.29 is 28.9 Å². The number of rotatable bonds is 10. The lowest BCUT2D eigenvalue weighted by molar-refractivity contribution is 0.0976. The summed E-state index contributed by atoms with van der Waals surface area (Å²) in [4.78, 5) is 0. The predicted molar refractivity (Wildman–Crippen MR) is 99.8 cm³/mol. The van der Waals surface area contributed by atoms with E-state index >= 15 is 0 Å². The Kier molecular flexibility index (Phi) is 4.54. The summed E-state index contributed by atoms with van der Waals surface area (Å²) in [6.45, 7) is 1.36. The minimum Gasteiger partial charge on any atom is -0.493 e. The summed E-state index contributed by atoms with van der Waals surface area (Å²) < 4.78 is 71.5. The van der Waals surface area contributed by atoms with E-state index in [1.165, 1.54) is 21.1 Å². The molecule has 0 amide bonds. The van der Waals surface area contributed by atoms with E-state index in [1.54, 1.807) is 0 Å². The predicted octanol–water partition coefficient (Wildman–Crippen LogP) is 4.16. The van der Waals surface area contributed by atoms with Gasteiger partial charge in [-0.25, -0.2) is 0 Å². The van der Waals surface area contributed by atoms with E-state index in [9.17, 15) is 5.11 Å². The van der Waals surface area contributed by atoms with Crippen LogP contribution in [0.3, 0.4) is 0 Å². The Morgan fingerprint density at radius 3 is 2.60 bits per heavy atom. The Bertz CT molecular complexity index is 953. The molecule has 4 heteroatoms. The standard InChI is InChI=1S/C21H28O4/c1-16-7-6-10-19(13-16)25-15-18(22)9-5-4-8-17-11-12-20(23-2)21(14-17)24-3/h6-7,10-14,18,22H,4-5,8-9,15H2,1-3H3/i6D,7D,10D,11D,12D,13D,14D. The third-order valence-corrected chi connectivity index (χ3v) is 3.57. The second-order valence-electron chi connectivity index (χ2n) is 5.58. The molecule has 0 heterocycles. The number of hydrogen-bond acceptors (Lipinski definition) is 4. The van der Waals surface area contributed by atoms with E-state index in [-0.39, 0.29) is 71.7 Å². The molecule has 4 nitrogen and oxygen atoms in total. The fourth-order valence-electron chi connectivity index (χ4n) is 2.26. The number of methoxy groups -OCH3 is 2. The first-order valence-electron chi connectivity index (χ1n) is 11.6. The number of hydrogen-bond donors (Lipinski definition) is 1. The topological polar surface area (TPSA) is 47.9 Å². The average Bonchev–Trinajstić information content (AvgIpc) is 2.77. The second kappa shape index (κ2) is 9.94. The molecule has 1 N–H and O–H groups in total. The molecule has 1 unspecified atom stereocenters. The first-order chi connectivity index (χ1) is 15.1. The van der Waals surface area contributed by atoms with Gasteiger partial charge < -0.3 is 19.3 Å². The largest absolute Gasteiger partial charge is 0.493 e. The highest BCUT2D eigenvalue weighted by Crippen LogP contribution is 2.28. The van der Waals surface area contributed by atoms with Crippen molar-refractivity contribution in [2.45, 2.75) is 38.7 Å². The second-order valence-corrected chi connectivity index (χ2v) is 5.58. The zero-order chi connectivity index (χ0) is 24.2. The van der Waals surface area contributed by atoms with Crippen LogP contribution >= 0.6 is 0 Å². The van der Waals surface area contributed by atoms with Crippen molar-refractivity contribution in [2.24, 2.45) is 0 Å². The summed E-state index contributed by atoms with van der Waals surface area (Å²) in [6, 6.07) is -1.17. The lowest BCUT2D eigenvalue weighted by atomic mass is 10.0. The molecule has 0 aromatic heterocycles. The van der Waals surface area contributed by atoms with Gasteiger partial charge in [-0.1, -0.05) is 24.5 Å². The molecule has 0 saturated heterocycles. The molecule has 2 aromatic carbocycles. The summed E-state index contributed by atoms with van der Waals surface area (Å²) >= 11 is 0. The van der Waals surface area contributed by atoms with E-state index in [2.05, 4.69) is 0 Å². The lowest BCUT2D eigenvalue weighted by Gasteiger charge is -2.13. The molecule has 136 valence electrons. The molecule has 2 rings (SSSR count). The number of unbranched alkanes of at least 4 members (excludes halogenated alkanes) is 1. The smallest absolute Gasteiger partial charge is 0.160 e. The fraction of sp³-hybridized carbons (Fsp3) is 0.429. The van der Waals surface area contributed by atoms with Gasteiger partial charge in [-0.2, -0.15) is 0 Å². The summed E-state index contributed by atoms with van der Waals surface area (Å²) in [5, 5.41) is 10.2. The van der Waals surface area contributed by atoms with Crippen molar-refractivity contribution >= 4 is 0 Å². The van der Waals surface area contributed by atoms with Crippen molar-refractivity contribution in [3.05, 3.63) is 53.4 Å². The fourth-order valence-corrected chi connectivity index (χ4v) is 2.26. The summed E-state index contributed by atoms with van der Waals surface area (Å²) in [5.41, 5.74) is 0.626. The monoisotopic (exact) mass is 351 g/mol. The van der Waals surface area contributed by atoms with Crippen LogP contribution in [0.15, 0.2) is 42.3 Å². The third-order valence-electron chi connectivity index (χ3n) is 3.57. The first kappa shape index (κ1) is 11.4. The highest BCUT2D eigenvalue weighted by molar-refractivity contribution is 5.42. The maximum Gasteiger partial charge on any atom is 0.160 e. The first-order valence-corrected chi connectivity index (χ1v) is 8.15. The van der Waals surface area contributed by atoms with Gasteiger partial charge in [0.05, 0.1) is 29.9 Å². The Hall–Kier alpha value is -2.20. The molecule has 0 radical (unpaired) electrons. The van der Waals surface area contributed by atoms with Gasteiger partial charge in [-0.15, -0.1) is 0 Å². The van der Waals surface area contributed by atoms with Gasteiger partial charge in [0.2, 0.25) is 0 Å². The number of benzene rings is 2. The Labute approximate surface area is 160 Å². The van der Waals surface area contributed by atoms with E-state index < -0.39 is 6.10 Å². The maximum atomic E-state index is 10.2. The molecular weight excluding hydrogens is 316 g/mol. The molecule has 1 atom stereocenters. The molecule has 0 aliphatic heterocycles. The van der Waals surface area contributed by atoms with E-state index in [4.69, 9.17) is 23.8 Å². The van der Waals surface area contributed by atoms with Crippen LogP contribution < -0.4 is 14.2 Å². The molecule has 0 aliphatic carbocycles. The van der Waals surface area contributed by atoms with Gasteiger partial charge in [-0.05, 0) is 61.5 Å². The zero-order valence-corrected chi connectivity index (χ0v) is 14.8. The summed E-state index contributed by atoms with van der Waals surface area (Å²) in [7, 11) is 2.74. The Balaban J connectivity index is 1.96. The van der Waals surface area contributed by atoms with Gasteiger partial charge >= 0.3 is 0 Å². The molecule has 0 bridgehead atoms. The minimum atomic E-state index is -0.873. The van der Waals surface area contributed by atoms with Gasteiger partial charge in [-0.3, -0.25) is 0 Å². The number of ether oxygens (including phenoxy) is 3. The van der Waals surface area contributed by atoms with Crippen molar-refractivity contribution in [3.8, 4) is 17.2 Å². The summed E-state index contributed by atoms with van der Waals surface area (Å²) in [6.07, 6.45) is 0.951. The summed E-state index contributed by atoms with van der Waals surface area (Å²) in [5.74, 6) is 0.0662. The molecular formula is C21H28O4. The molecule has 0 saturated carbocycles. The van der Waals surface area contributed by atoms with Crippen LogP contribution in [-0.4, -0.2) is 32.0 Å². The van der Waals surface area contributed by atoms with Crippen molar-refractivity contribution in [1.29, 1.82) is 0 Å². The van der Waals surface area contributed by atoms with Gasteiger partial charge in [0.1, 0.15) is 12.4 Å². The van der Waals surface area contributed by atoms with E-state index in [0.717, 1.165) is 0 Å². The van der Waals surface area contributed by atoms with Crippen LogP contribution in [0.1, 0.15) is 40.0 Å². The van der Waals surface area contributed by atoms with Crippen LogP contribution in [0.5, 0.6) is 17.2 Å². The lowest BCUT2D eigenvalue weighted by Crippen LogP contribution is -2.17. The van der Waals surface area contributed by atoms with Crippen LogP contribution in [0.2, 0.25) is 0 Å². The van der Waals surface area contributed by atoms with Crippen LogP contribution in [0.4, 0.5) is 0 Å². The molecule has 2 aromatic rings. The SMILES string of the molecule is [2H]c1c([2H])c(C)c([2H])c(OCC(O)CCCCc2c([2H])c([2H])c(OC)c(OC)c2[2H])c1[2H]. The molecule has 0 fully saturated rings. The van der Waals surface area contributed by atoms with Crippen LogP contribution in [0.25, 0.3) is 0 Å². The van der Waals surface area contributed by atoms with Gasteiger partial charge in [0.25, 0.3) is 0 Å². The minimum absolute atomic E-state index is 0.0135. The third kappa shape index (κ3) is 6.31. The zero-order valence-electron chi connectivity index (χ0n) is 21.8. The Morgan fingerprint density at radius 1 is 1.04 bits per heavy atom. The van der Waals surface area contributed by atoms with Crippen LogP contribution in [0, 0.1) is 6.92 Å². The maximum absolute atomic E-state index is 10.2. The van der Waals surface area contributed by atoms with Crippen molar-refractivity contribution in [2.75, 3.05) is 20.8 Å². The quantitative estimate of drug-likeness (QED) is 0.653. The van der Waals surface area contributed by atoms with Gasteiger partial charge in [0, 0.05) is 0 Å². The average molecular weight is 351 g/mol. The highest BCUT2D eigenvalue weighted by Gasteiger charge is 2.07. The molecule has 0 aliphatic rings. The van der Waals surface area contributed by atoms with Crippen LogP contribution in [-0.2, 0) is 6.42 Å². The molecule has 25 heavy (non-hydrogen) atoms. The number of aliphatic hydroxyl groups is 1. The Morgan fingerprint density at radius 2 is 1.84 bits per heavy atom. The molecule has 0 spiro atoms. The highest BCUT2D eigenvalue weighted by atomic mass is 16.5. The van der Waals surface area contributed by atoms with Crippen molar-refractivity contribution in [3.63, 3.8) is 0 Å². The van der Waals surface area contributed by atoms with Crippen molar-refractivity contribution in [1.82, 2.24) is 0 Å². The van der Waals surface area contributed by atoms with E-state index in [1.807, 2.05) is 0 Å². The number of aliphatic hydroxyl groups excluding tert-OH is 1. The van der Waals surface area contributed by atoms with E-state index in [0.29, 0.717) is 31.2 Å². The van der Waals surface area contributed by atoms with Gasteiger partial charge in [0.15, 0.2) is 11.5 Å².